The molecule has 0 heterocycles. The zero-order valence-corrected chi connectivity index (χ0v) is 12.4. The monoisotopic (exact) mass is 299 g/mol. The highest BCUT2D eigenvalue weighted by Crippen LogP contribution is 2.24. The van der Waals surface area contributed by atoms with Gasteiger partial charge in [-0.3, -0.25) is 4.79 Å². The number of aromatic hydroxyl groups is 1. The molecule has 0 saturated carbocycles. The number of hydrogen-bond acceptors (Lipinski definition) is 4. The fraction of sp³-hybridized carbons (Fsp3) is 0.176. The summed E-state index contributed by atoms with van der Waals surface area (Å²) < 4.78 is 5.34. The van der Waals surface area contributed by atoms with E-state index in [1.165, 1.54) is 17.0 Å². The molecule has 2 aromatic carbocycles. The number of nitrogens with zero attached hydrogens (tertiary/aromatic N) is 1. The maximum Gasteiger partial charge on any atom is 0.343 e. The van der Waals surface area contributed by atoms with Gasteiger partial charge in [-0.15, -0.1) is 0 Å². The topological polar surface area (TPSA) is 66.8 Å². The smallest absolute Gasteiger partial charge is 0.343 e. The fourth-order valence-electron chi connectivity index (χ4n) is 1.94. The number of esters is 1. The van der Waals surface area contributed by atoms with Crippen molar-refractivity contribution in [2.45, 2.75) is 6.10 Å². The number of amides is 1. The van der Waals surface area contributed by atoms with Crippen molar-refractivity contribution in [1.82, 2.24) is 4.90 Å². The van der Waals surface area contributed by atoms with Crippen LogP contribution in [-0.2, 0) is 9.53 Å². The Morgan fingerprint density at radius 2 is 1.59 bits per heavy atom. The quantitative estimate of drug-likeness (QED) is 0.880. The third-order valence-electron chi connectivity index (χ3n) is 3.12. The number of carbonyl (C=O) groups is 2. The number of phenols is 1. The first-order valence-electron chi connectivity index (χ1n) is 6.76. The summed E-state index contributed by atoms with van der Waals surface area (Å²) in [6.07, 6.45) is -1.05. The van der Waals surface area contributed by atoms with E-state index in [9.17, 15) is 14.7 Å². The second kappa shape index (κ2) is 6.76. The molecule has 114 valence electrons. The van der Waals surface area contributed by atoms with Crippen LogP contribution in [0.4, 0.5) is 0 Å². The Hall–Kier alpha value is -2.82. The molecular weight excluding hydrogens is 282 g/mol. The average Bonchev–Trinajstić information content (AvgIpc) is 2.53. The van der Waals surface area contributed by atoms with Crippen molar-refractivity contribution in [3.63, 3.8) is 0 Å². The molecule has 22 heavy (non-hydrogen) atoms. The van der Waals surface area contributed by atoms with Crippen LogP contribution in [0.3, 0.4) is 0 Å². The number of phenolic OH excluding ortho intramolecular Hbond substituents is 1. The predicted octanol–water partition coefficient (Wildman–Crippen LogP) is 2.38. The summed E-state index contributed by atoms with van der Waals surface area (Å²) in [7, 11) is 3.18. The Morgan fingerprint density at radius 3 is 2.18 bits per heavy atom. The molecule has 1 amide bonds. The van der Waals surface area contributed by atoms with Gasteiger partial charge in [-0.1, -0.05) is 42.5 Å². The molecule has 1 unspecified atom stereocenters. The summed E-state index contributed by atoms with van der Waals surface area (Å²) in [4.78, 5) is 25.9. The molecule has 1 N–H and O–H groups in total. The number of carbonyl (C=O) groups excluding carboxylic acids is 2. The zero-order valence-electron chi connectivity index (χ0n) is 12.4. The number of benzene rings is 2. The molecule has 0 saturated heterocycles. The van der Waals surface area contributed by atoms with E-state index in [4.69, 9.17) is 4.74 Å². The average molecular weight is 299 g/mol. The van der Waals surface area contributed by atoms with Gasteiger partial charge in [0.2, 0.25) is 6.10 Å². The van der Waals surface area contributed by atoms with E-state index in [-0.39, 0.29) is 17.2 Å². The fourth-order valence-corrected chi connectivity index (χ4v) is 1.94. The summed E-state index contributed by atoms with van der Waals surface area (Å²) >= 11 is 0. The molecule has 2 aromatic rings. The van der Waals surface area contributed by atoms with Gasteiger partial charge in [0, 0.05) is 19.7 Å². The van der Waals surface area contributed by atoms with E-state index >= 15 is 0 Å². The summed E-state index contributed by atoms with van der Waals surface area (Å²) in [5.74, 6) is -1.28. The largest absolute Gasteiger partial charge is 0.507 e. The van der Waals surface area contributed by atoms with Crippen LogP contribution in [0.15, 0.2) is 54.6 Å². The second-order valence-electron chi connectivity index (χ2n) is 4.95. The van der Waals surface area contributed by atoms with Crippen LogP contribution in [0.5, 0.6) is 5.75 Å². The van der Waals surface area contributed by atoms with Crippen LogP contribution in [-0.4, -0.2) is 36.0 Å². The molecule has 5 nitrogen and oxygen atoms in total. The number of likely N-dealkylation sites (N-methyl/N-ethyl adjacent to an activating group) is 1. The Kier molecular flexibility index (Phi) is 4.78. The SMILES string of the molecule is CN(C)C(=O)C(OC(=O)c1ccccc1O)c1ccccc1. The molecular formula is C17H17NO4. The highest BCUT2D eigenvalue weighted by molar-refractivity contribution is 5.94. The van der Waals surface area contributed by atoms with E-state index in [0.717, 1.165) is 0 Å². The van der Waals surface area contributed by atoms with Crippen molar-refractivity contribution in [3.8, 4) is 5.75 Å². The van der Waals surface area contributed by atoms with Gasteiger partial charge in [0.25, 0.3) is 5.91 Å². The molecule has 0 aliphatic rings. The lowest BCUT2D eigenvalue weighted by molar-refractivity contribution is -0.138. The van der Waals surface area contributed by atoms with Gasteiger partial charge in [-0.05, 0) is 12.1 Å². The Bertz CT molecular complexity index is 667. The molecule has 0 aliphatic carbocycles. The molecule has 2 rings (SSSR count). The van der Waals surface area contributed by atoms with Gasteiger partial charge in [-0.2, -0.15) is 0 Å². The minimum atomic E-state index is -1.05. The summed E-state index contributed by atoms with van der Waals surface area (Å²) in [5, 5.41) is 9.72. The third-order valence-corrected chi connectivity index (χ3v) is 3.12. The molecule has 0 fully saturated rings. The first-order valence-corrected chi connectivity index (χ1v) is 6.76. The normalized spacial score (nSPS) is 11.5. The lowest BCUT2D eigenvalue weighted by Gasteiger charge is -2.21. The Morgan fingerprint density at radius 1 is 1.00 bits per heavy atom. The lowest BCUT2D eigenvalue weighted by atomic mass is 10.1. The lowest BCUT2D eigenvalue weighted by Crippen LogP contribution is -2.31. The van der Waals surface area contributed by atoms with Crippen LogP contribution in [0.2, 0.25) is 0 Å². The molecule has 0 aliphatic heterocycles. The summed E-state index contributed by atoms with van der Waals surface area (Å²) in [5.41, 5.74) is 0.597. The summed E-state index contributed by atoms with van der Waals surface area (Å²) in [6, 6.07) is 14.8. The molecule has 5 heteroatoms. The second-order valence-corrected chi connectivity index (χ2v) is 4.95. The van der Waals surface area contributed by atoms with Crippen molar-refractivity contribution in [1.29, 1.82) is 0 Å². The van der Waals surface area contributed by atoms with Crippen molar-refractivity contribution in [2.75, 3.05) is 14.1 Å². The molecule has 0 spiro atoms. The van der Waals surface area contributed by atoms with Gasteiger partial charge in [-0.25, -0.2) is 4.79 Å². The van der Waals surface area contributed by atoms with Gasteiger partial charge in [0.05, 0.1) is 0 Å². The van der Waals surface area contributed by atoms with Crippen molar-refractivity contribution in [2.24, 2.45) is 0 Å². The Balaban J connectivity index is 2.29. The van der Waals surface area contributed by atoms with Crippen LogP contribution < -0.4 is 0 Å². The van der Waals surface area contributed by atoms with Gasteiger partial charge in [0.15, 0.2) is 0 Å². The minimum Gasteiger partial charge on any atom is -0.507 e. The maximum atomic E-state index is 12.3. The van der Waals surface area contributed by atoms with Gasteiger partial charge < -0.3 is 14.7 Å². The predicted molar refractivity (Wildman–Crippen MR) is 81.4 cm³/mol. The molecule has 0 bridgehead atoms. The summed E-state index contributed by atoms with van der Waals surface area (Å²) in [6.45, 7) is 0. The molecule has 1 atom stereocenters. The first-order chi connectivity index (χ1) is 10.5. The van der Waals surface area contributed by atoms with Crippen LogP contribution in [0.1, 0.15) is 22.0 Å². The molecule has 0 aromatic heterocycles. The van der Waals surface area contributed by atoms with Crippen LogP contribution in [0, 0.1) is 0 Å². The van der Waals surface area contributed by atoms with Crippen molar-refractivity contribution < 1.29 is 19.4 Å². The minimum absolute atomic E-state index is 0.0231. The maximum absolute atomic E-state index is 12.3. The van der Waals surface area contributed by atoms with Gasteiger partial charge in [0.1, 0.15) is 11.3 Å². The standard InChI is InChI=1S/C17H17NO4/c1-18(2)16(20)15(12-8-4-3-5-9-12)22-17(21)13-10-6-7-11-14(13)19/h3-11,15,19H,1-2H3. The van der Waals surface area contributed by atoms with Crippen molar-refractivity contribution in [3.05, 3.63) is 65.7 Å². The number of rotatable bonds is 4. The third kappa shape index (κ3) is 3.44. The van der Waals surface area contributed by atoms with E-state index in [0.29, 0.717) is 5.56 Å². The molecule has 0 radical (unpaired) electrons. The Labute approximate surface area is 128 Å². The van der Waals surface area contributed by atoms with E-state index in [1.807, 2.05) is 6.07 Å². The number of ether oxygens (including phenoxy) is 1. The first kappa shape index (κ1) is 15.6. The number of hydrogen-bond donors (Lipinski definition) is 1. The van der Waals surface area contributed by atoms with Crippen LogP contribution >= 0.6 is 0 Å². The van der Waals surface area contributed by atoms with E-state index in [2.05, 4.69) is 0 Å². The van der Waals surface area contributed by atoms with Crippen molar-refractivity contribution >= 4 is 11.9 Å². The van der Waals surface area contributed by atoms with E-state index in [1.54, 1.807) is 50.5 Å². The highest BCUT2D eigenvalue weighted by Gasteiger charge is 2.27. The highest BCUT2D eigenvalue weighted by atomic mass is 16.5. The van der Waals surface area contributed by atoms with Gasteiger partial charge >= 0.3 is 5.97 Å². The number of para-hydroxylation sites is 1. The van der Waals surface area contributed by atoms with Crippen LogP contribution in [0.25, 0.3) is 0 Å². The zero-order chi connectivity index (χ0) is 16.1. The van der Waals surface area contributed by atoms with E-state index < -0.39 is 12.1 Å².